The van der Waals surface area contributed by atoms with Crippen LogP contribution >= 0.6 is 11.3 Å². The Bertz CT molecular complexity index is 976. The Kier molecular flexibility index (Phi) is 4.48. The topological polar surface area (TPSA) is 104 Å². The number of H-pyrrole nitrogens is 1. The van der Waals surface area contributed by atoms with E-state index in [1.54, 1.807) is 30.3 Å². The predicted molar refractivity (Wildman–Crippen MR) is 91.3 cm³/mol. The fourth-order valence-electron chi connectivity index (χ4n) is 2.05. The van der Waals surface area contributed by atoms with Crippen molar-refractivity contribution in [3.63, 3.8) is 0 Å². The number of carbonyl (C=O) groups is 2. The zero-order valence-corrected chi connectivity index (χ0v) is 13.1. The number of fused-ring (bicyclic) bond motifs is 1. The third kappa shape index (κ3) is 3.39. The van der Waals surface area contributed by atoms with Crippen LogP contribution in [-0.4, -0.2) is 22.0 Å². The van der Waals surface area contributed by atoms with Crippen LogP contribution in [0.2, 0.25) is 0 Å². The highest BCUT2D eigenvalue weighted by Gasteiger charge is 2.14. The molecule has 0 saturated carbocycles. The molecule has 3 aromatic rings. The lowest BCUT2D eigenvalue weighted by atomic mass is 10.1. The van der Waals surface area contributed by atoms with Crippen LogP contribution in [0.4, 0.5) is 0 Å². The Labute approximate surface area is 140 Å². The fraction of sp³-hybridized carbons (Fsp3) is 0. The van der Waals surface area contributed by atoms with Gasteiger partial charge in [-0.3, -0.25) is 25.2 Å². The van der Waals surface area contributed by atoms with Gasteiger partial charge in [0.2, 0.25) is 0 Å². The maximum Gasteiger partial charge on any atom is 0.290 e. The summed E-state index contributed by atoms with van der Waals surface area (Å²) in [6.45, 7) is 0. The Morgan fingerprint density at radius 2 is 1.88 bits per heavy atom. The van der Waals surface area contributed by atoms with Crippen molar-refractivity contribution in [2.24, 2.45) is 0 Å². The molecule has 8 heteroatoms. The van der Waals surface area contributed by atoms with E-state index < -0.39 is 11.8 Å². The highest BCUT2D eigenvalue weighted by molar-refractivity contribution is 7.10. The number of nitrogens with zero attached hydrogens (tertiary/aromatic N) is 1. The number of hydrogen-bond donors (Lipinski definition) is 3. The molecule has 0 unspecified atom stereocenters. The molecule has 0 radical (unpaired) electrons. The molecular weight excluding hydrogens is 328 g/mol. The second-order valence-electron chi connectivity index (χ2n) is 4.74. The molecule has 2 heterocycles. The summed E-state index contributed by atoms with van der Waals surface area (Å²) >= 11 is 1.49. The molecule has 120 valence electrons. The summed E-state index contributed by atoms with van der Waals surface area (Å²) in [6.07, 6.45) is 2.95. The van der Waals surface area contributed by atoms with Crippen molar-refractivity contribution >= 4 is 40.0 Å². The van der Waals surface area contributed by atoms with E-state index in [9.17, 15) is 14.4 Å². The van der Waals surface area contributed by atoms with Crippen molar-refractivity contribution in [2.75, 3.05) is 0 Å². The van der Waals surface area contributed by atoms with Gasteiger partial charge in [0.15, 0.2) is 5.69 Å². The molecule has 0 fully saturated rings. The summed E-state index contributed by atoms with van der Waals surface area (Å²) in [5.41, 5.74) is 4.18. The minimum atomic E-state index is -0.625. The van der Waals surface area contributed by atoms with Gasteiger partial charge in [-0.25, -0.2) is 5.10 Å². The van der Waals surface area contributed by atoms with E-state index in [4.69, 9.17) is 0 Å². The number of thiophene rings is 1. The van der Waals surface area contributed by atoms with Gasteiger partial charge in [0.25, 0.3) is 17.4 Å². The normalized spacial score (nSPS) is 10.8. The zero-order chi connectivity index (χ0) is 16.9. The average Bonchev–Trinajstić information content (AvgIpc) is 3.12. The minimum absolute atomic E-state index is 0.0211. The molecule has 7 nitrogen and oxygen atoms in total. The Morgan fingerprint density at radius 3 is 2.62 bits per heavy atom. The van der Waals surface area contributed by atoms with Gasteiger partial charge in [0.05, 0.1) is 5.39 Å². The molecule has 0 bridgehead atoms. The van der Waals surface area contributed by atoms with E-state index in [0.29, 0.717) is 10.8 Å². The standard InChI is InChI=1S/C16H12N4O3S/c21-13(8-7-10-4-3-9-24-10)17-20-16(23)14-11-5-1-2-6-12(11)15(22)19-18-14/h1-9H,(H,17,21)(H,19,22)(H,20,23)/b8-7+. The largest absolute Gasteiger partial charge is 0.290 e. The maximum atomic E-state index is 12.2. The Balaban J connectivity index is 1.71. The van der Waals surface area contributed by atoms with E-state index in [-0.39, 0.29) is 11.3 Å². The quantitative estimate of drug-likeness (QED) is 0.496. The number of rotatable bonds is 3. The highest BCUT2D eigenvalue weighted by atomic mass is 32.1. The van der Waals surface area contributed by atoms with Crippen molar-refractivity contribution in [1.29, 1.82) is 0 Å². The molecular formula is C16H12N4O3S. The molecule has 3 N–H and O–H groups in total. The lowest BCUT2D eigenvalue weighted by molar-refractivity contribution is -0.117. The molecule has 0 atom stereocenters. The van der Waals surface area contributed by atoms with Crippen molar-refractivity contribution in [2.45, 2.75) is 0 Å². The third-order valence-electron chi connectivity index (χ3n) is 3.15. The van der Waals surface area contributed by atoms with Crippen LogP contribution in [0.15, 0.2) is 52.6 Å². The average molecular weight is 340 g/mol. The minimum Gasteiger partial charge on any atom is -0.268 e. The van der Waals surface area contributed by atoms with Crippen LogP contribution in [0.3, 0.4) is 0 Å². The van der Waals surface area contributed by atoms with E-state index in [0.717, 1.165) is 4.88 Å². The van der Waals surface area contributed by atoms with Gasteiger partial charge < -0.3 is 0 Å². The number of aromatic amines is 1. The predicted octanol–water partition coefficient (Wildman–Crippen LogP) is 1.46. The van der Waals surface area contributed by atoms with Gasteiger partial charge in [0, 0.05) is 16.3 Å². The SMILES string of the molecule is O=C(/C=C/c1cccs1)NNC(=O)c1n[nH]c(=O)c2ccccc12. The molecule has 0 spiro atoms. The Hall–Kier alpha value is -3.26. The molecule has 24 heavy (non-hydrogen) atoms. The fourth-order valence-corrected chi connectivity index (χ4v) is 2.67. The van der Waals surface area contributed by atoms with Crippen LogP contribution < -0.4 is 16.4 Å². The van der Waals surface area contributed by atoms with E-state index in [2.05, 4.69) is 21.0 Å². The van der Waals surface area contributed by atoms with Crippen molar-refractivity contribution in [3.8, 4) is 0 Å². The summed E-state index contributed by atoms with van der Waals surface area (Å²) in [5.74, 6) is -1.11. The van der Waals surface area contributed by atoms with Gasteiger partial charge in [-0.05, 0) is 23.6 Å². The molecule has 0 aliphatic heterocycles. The van der Waals surface area contributed by atoms with Crippen LogP contribution in [0.5, 0.6) is 0 Å². The van der Waals surface area contributed by atoms with Crippen molar-refractivity contribution in [3.05, 3.63) is 68.8 Å². The van der Waals surface area contributed by atoms with Gasteiger partial charge in [0.1, 0.15) is 0 Å². The van der Waals surface area contributed by atoms with Gasteiger partial charge in [-0.15, -0.1) is 11.3 Å². The first-order chi connectivity index (χ1) is 11.6. The van der Waals surface area contributed by atoms with Crippen LogP contribution in [0.1, 0.15) is 15.4 Å². The summed E-state index contributed by atoms with van der Waals surface area (Å²) in [4.78, 5) is 36.5. The molecule has 2 amide bonds. The highest BCUT2D eigenvalue weighted by Crippen LogP contribution is 2.12. The van der Waals surface area contributed by atoms with E-state index in [1.165, 1.54) is 17.4 Å². The smallest absolute Gasteiger partial charge is 0.268 e. The number of carbonyl (C=O) groups excluding carboxylic acids is 2. The van der Waals surface area contributed by atoms with Crippen LogP contribution in [-0.2, 0) is 4.79 Å². The number of nitrogens with one attached hydrogen (secondary N) is 3. The van der Waals surface area contributed by atoms with E-state index >= 15 is 0 Å². The van der Waals surface area contributed by atoms with Gasteiger partial charge in [-0.1, -0.05) is 24.3 Å². The molecule has 0 aliphatic rings. The lowest BCUT2D eigenvalue weighted by Crippen LogP contribution is -2.41. The van der Waals surface area contributed by atoms with Crippen LogP contribution in [0.25, 0.3) is 16.8 Å². The number of hydrogen-bond acceptors (Lipinski definition) is 5. The first-order valence-corrected chi connectivity index (χ1v) is 7.82. The molecule has 0 saturated heterocycles. The number of benzene rings is 1. The maximum absolute atomic E-state index is 12.2. The second-order valence-corrected chi connectivity index (χ2v) is 5.72. The molecule has 1 aromatic carbocycles. The summed E-state index contributed by atoms with van der Waals surface area (Å²) < 4.78 is 0. The van der Waals surface area contributed by atoms with Crippen LogP contribution in [0, 0.1) is 0 Å². The summed E-state index contributed by atoms with van der Waals surface area (Å²) in [5, 5.41) is 8.67. The first-order valence-electron chi connectivity index (χ1n) is 6.94. The molecule has 0 aliphatic carbocycles. The Morgan fingerprint density at radius 1 is 1.08 bits per heavy atom. The van der Waals surface area contributed by atoms with Crippen molar-refractivity contribution in [1.82, 2.24) is 21.0 Å². The summed E-state index contributed by atoms with van der Waals surface area (Å²) in [6, 6.07) is 10.3. The third-order valence-corrected chi connectivity index (χ3v) is 3.99. The lowest BCUT2D eigenvalue weighted by Gasteiger charge is -2.06. The first kappa shape index (κ1) is 15.6. The van der Waals surface area contributed by atoms with Crippen molar-refractivity contribution < 1.29 is 9.59 Å². The zero-order valence-electron chi connectivity index (χ0n) is 12.3. The second kappa shape index (κ2) is 6.88. The summed E-state index contributed by atoms with van der Waals surface area (Å²) in [7, 11) is 0. The monoisotopic (exact) mass is 340 g/mol. The van der Waals surface area contributed by atoms with Gasteiger partial charge in [-0.2, -0.15) is 5.10 Å². The number of hydrazine groups is 1. The number of aromatic nitrogens is 2. The molecule has 2 aromatic heterocycles. The van der Waals surface area contributed by atoms with E-state index in [1.807, 2.05) is 17.5 Å². The van der Waals surface area contributed by atoms with Gasteiger partial charge >= 0.3 is 0 Å². The molecule has 3 rings (SSSR count). The number of amides is 2.